The second-order valence-electron chi connectivity index (χ2n) is 2.82. The molecule has 0 aromatic rings. The molecule has 0 aliphatic rings. The Balaban J connectivity index is 3.25. The highest BCUT2D eigenvalue weighted by molar-refractivity contribution is 5.72. The number of carbonyl (C=O) groups is 2. The second-order valence-corrected chi connectivity index (χ2v) is 2.82. The van der Waals surface area contributed by atoms with Gasteiger partial charge in [0.1, 0.15) is 26.1 Å². The lowest BCUT2D eigenvalue weighted by Crippen LogP contribution is -2.14. The van der Waals surface area contributed by atoms with Gasteiger partial charge in [0.25, 0.3) is 0 Å². The molecular formula is C12H14O5. The summed E-state index contributed by atoms with van der Waals surface area (Å²) in [6, 6.07) is 0. The molecule has 0 aromatic heterocycles. The van der Waals surface area contributed by atoms with Gasteiger partial charge in [-0.15, -0.1) is 12.8 Å². The molecule has 0 N–H and O–H groups in total. The monoisotopic (exact) mass is 238 g/mol. The molecule has 92 valence electrons. The van der Waals surface area contributed by atoms with Crippen LogP contribution in [-0.2, 0) is 23.8 Å². The summed E-state index contributed by atoms with van der Waals surface area (Å²) < 4.78 is 14.4. The highest BCUT2D eigenvalue weighted by atomic mass is 16.6. The van der Waals surface area contributed by atoms with Crippen LogP contribution in [0.4, 0.5) is 0 Å². The van der Waals surface area contributed by atoms with Gasteiger partial charge in [0, 0.05) is 0 Å². The molecule has 0 aliphatic carbocycles. The van der Waals surface area contributed by atoms with Gasteiger partial charge in [-0.05, 0) is 0 Å². The standard InChI is InChI=1S/C12H14O5/c1-3-5-11(13)16-9-7-15-8-10-17-12(14)6-4-2/h1-2H,5-10H2. The Labute approximate surface area is 100 Å². The number of terminal acetylenes is 2. The van der Waals surface area contributed by atoms with Crippen molar-refractivity contribution in [3.63, 3.8) is 0 Å². The molecule has 5 heteroatoms. The van der Waals surface area contributed by atoms with Crippen LogP contribution >= 0.6 is 0 Å². The SMILES string of the molecule is C#CCC(=O)OCCOCCOC(=O)CC#C. The van der Waals surface area contributed by atoms with E-state index in [0.29, 0.717) is 0 Å². The first kappa shape index (κ1) is 15.0. The number of esters is 2. The average molecular weight is 238 g/mol. The van der Waals surface area contributed by atoms with Crippen LogP contribution in [0.2, 0.25) is 0 Å². The molecule has 0 fully saturated rings. The summed E-state index contributed by atoms with van der Waals surface area (Å²) in [5, 5.41) is 0. The van der Waals surface area contributed by atoms with Crippen molar-refractivity contribution < 1.29 is 23.8 Å². The summed E-state index contributed by atoms with van der Waals surface area (Å²) >= 11 is 0. The van der Waals surface area contributed by atoms with Crippen LogP contribution in [0.25, 0.3) is 0 Å². The lowest BCUT2D eigenvalue weighted by molar-refractivity contribution is -0.145. The smallest absolute Gasteiger partial charge is 0.318 e. The van der Waals surface area contributed by atoms with Crippen LogP contribution < -0.4 is 0 Å². The normalized spacial score (nSPS) is 8.82. The van der Waals surface area contributed by atoms with Gasteiger partial charge in [0.15, 0.2) is 0 Å². The van der Waals surface area contributed by atoms with Crippen LogP contribution in [0.3, 0.4) is 0 Å². The molecule has 0 spiro atoms. The van der Waals surface area contributed by atoms with Gasteiger partial charge in [-0.25, -0.2) is 0 Å². The molecule has 0 radical (unpaired) electrons. The summed E-state index contributed by atoms with van der Waals surface area (Å²) in [6.45, 7) is 0.698. The topological polar surface area (TPSA) is 61.8 Å². The van der Waals surface area contributed by atoms with E-state index in [1.54, 1.807) is 0 Å². The summed E-state index contributed by atoms with van der Waals surface area (Å²) in [4.78, 5) is 21.6. The van der Waals surface area contributed by atoms with Crippen molar-refractivity contribution in [2.45, 2.75) is 12.8 Å². The molecule has 5 nitrogen and oxygen atoms in total. The summed E-state index contributed by atoms with van der Waals surface area (Å²) in [5.74, 6) is 3.41. The van der Waals surface area contributed by atoms with Crippen molar-refractivity contribution >= 4 is 11.9 Å². The Morgan fingerprint density at radius 2 is 1.24 bits per heavy atom. The van der Waals surface area contributed by atoms with Gasteiger partial charge >= 0.3 is 11.9 Å². The Hall–Kier alpha value is -1.98. The molecular weight excluding hydrogens is 224 g/mol. The largest absolute Gasteiger partial charge is 0.463 e. The lowest BCUT2D eigenvalue weighted by atomic mass is 10.5. The Bertz CT molecular complexity index is 289. The van der Waals surface area contributed by atoms with E-state index in [1.807, 2.05) is 0 Å². The maximum Gasteiger partial charge on any atom is 0.318 e. The zero-order valence-corrected chi connectivity index (χ0v) is 9.44. The van der Waals surface area contributed by atoms with Gasteiger partial charge in [0.2, 0.25) is 0 Å². The molecule has 0 bridgehead atoms. The number of ether oxygens (including phenoxy) is 3. The van der Waals surface area contributed by atoms with E-state index in [0.717, 1.165) is 0 Å². The Morgan fingerprint density at radius 1 is 0.824 bits per heavy atom. The highest BCUT2D eigenvalue weighted by Crippen LogP contribution is 1.87. The average Bonchev–Trinajstić information content (AvgIpc) is 2.28. The van der Waals surface area contributed by atoms with E-state index >= 15 is 0 Å². The van der Waals surface area contributed by atoms with E-state index in [-0.39, 0.29) is 39.3 Å². The molecule has 0 aromatic carbocycles. The molecule has 0 heterocycles. The molecule has 0 amide bonds. The molecule has 0 atom stereocenters. The van der Waals surface area contributed by atoms with Gasteiger partial charge in [-0.3, -0.25) is 9.59 Å². The van der Waals surface area contributed by atoms with Crippen LogP contribution in [0, 0.1) is 24.7 Å². The molecule has 0 rings (SSSR count). The number of hydrogen-bond donors (Lipinski definition) is 0. The predicted octanol–water partition coefficient (Wildman–Crippen LogP) is 0.136. The molecule has 0 unspecified atom stereocenters. The van der Waals surface area contributed by atoms with E-state index in [1.165, 1.54) is 0 Å². The van der Waals surface area contributed by atoms with Crippen molar-refractivity contribution in [3.05, 3.63) is 0 Å². The molecule has 0 aliphatic heterocycles. The van der Waals surface area contributed by atoms with Crippen molar-refractivity contribution in [2.24, 2.45) is 0 Å². The fourth-order valence-corrected chi connectivity index (χ4v) is 0.800. The van der Waals surface area contributed by atoms with Gasteiger partial charge < -0.3 is 14.2 Å². The zero-order valence-electron chi connectivity index (χ0n) is 9.44. The van der Waals surface area contributed by atoms with Crippen molar-refractivity contribution in [1.29, 1.82) is 0 Å². The summed E-state index contributed by atoms with van der Waals surface area (Å²) in [5.41, 5.74) is 0. The van der Waals surface area contributed by atoms with Crippen LogP contribution in [0.5, 0.6) is 0 Å². The third kappa shape index (κ3) is 10.3. The summed E-state index contributed by atoms with van der Waals surface area (Å²) in [6.07, 6.45) is 9.71. The Kier molecular flexibility index (Phi) is 9.31. The first-order chi connectivity index (χ1) is 8.20. The second kappa shape index (κ2) is 10.5. The number of rotatable bonds is 8. The predicted molar refractivity (Wildman–Crippen MR) is 59.6 cm³/mol. The third-order valence-electron chi connectivity index (χ3n) is 1.47. The summed E-state index contributed by atoms with van der Waals surface area (Å²) in [7, 11) is 0. The maximum atomic E-state index is 10.8. The molecule has 0 saturated heterocycles. The minimum absolute atomic E-state index is 0.0519. The number of carbonyl (C=O) groups excluding carboxylic acids is 2. The fraction of sp³-hybridized carbons (Fsp3) is 0.500. The first-order valence-corrected chi connectivity index (χ1v) is 4.96. The van der Waals surface area contributed by atoms with Crippen LogP contribution in [-0.4, -0.2) is 38.4 Å². The quantitative estimate of drug-likeness (QED) is 0.342. The van der Waals surface area contributed by atoms with Gasteiger partial charge in [0.05, 0.1) is 13.2 Å². The van der Waals surface area contributed by atoms with Crippen molar-refractivity contribution in [3.8, 4) is 24.7 Å². The van der Waals surface area contributed by atoms with E-state index < -0.39 is 11.9 Å². The van der Waals surface area contributed by atoms with Crippen LogP contribution in [0.1, 0.15) is 12.8 Å². The van der Waals surface area contributed by atoms with Gasteiger partial charge in [-0.1, -0.05) is 11.8 Å². The highest BCUT2D eigenvalue weighted by Gasteiger charge is 2.00. The Morgan fingerprint density at radius 3 is 1.59 bits per heavy atom. The van der Waals surface area contributed by atoms with Crippen molar-refractivity contribution in [1.82, 2.24) is 0 Å². The zero-order chi connectivity index (χ0) is 12.9. The van der Waals surface area contributed by atoms with E-state index in [9.17, 15) is 9.59 Å². The fourth-order valence-electron chi connectivity index (χ4n) is 0.800. The lowest BCUT2D eigenvalue weighted by Gasteiger charge is -2.05. The van der Waals surface area contributed by atoms with Crippen LogP contribution in [0.15, 0.2) is 0 Å². The third-order valence-corrected chi connectivity index (χ3v) is 1.47. The minimum Gasteiger partial charge on any atom is -0.463 e. The van der Waals surface area contributed by atoms with E-state index in [4.69, 9.17) is 27.1 Å². The molecule has 0 saturated carbocycles. The molecule has 17 heavy (non-hydrogen) atoms. The number of hydrogen-bond acceptors (Lipinski definition) is 5. The van der Waals surface area contributed by atoms with E-state index in [2.05, 4.69) is 11.8 Å². The first-order valence-electron chi connectivity index (χ1n) is 4.96. The van der Waals surface area contributed by atoms with Gasteiger partial charge in [-0.2, -0.15) is 0 Å². The maximum absolute atomic E-state index is 10.8. The minimum atomic E-state index is -0.462. The van der Waals surface area contributed by atoms with Crippen molar-refractivity contribution in [2.75, 3.05) is 26.4 Å².